The Kier molecular flexibility index (Phi) is 5.32. The quantitative estimate of drug-likeness (QED) is 0.456. The average Bonchev–Trinajstić information content (AvgIpc) is 3.49. The van der Waals surface area contributed by atoms with Gasteiger partial charge in [-0.3, -0.25) is 14.2 Å². The molecule has 1 fully saturated rings. The van der Waals surface area contributed by atoms with E-state index in [0.717, 1.165) is 41.6 Å². The SMILES string of the molecule is CC(C)[C@H]1CCCN(c2ccc(Nc3cnc(-c4cnc5ncccn45)c4c3C(=O)NC4)nc2)C1. The monoisotopic (exact) mass is 468 g/mol. The van der Waals surface area contributed by atoms with Gasteiger partial charge >= 0.3 is 0 Å². The molecule has 178 valence electrons. The molecule has 1 atom stereocenters. The predicted octanol–water partition coefficient (Wildman–Crippen LogP) is 4.05. The standard InChI is InChI=1S/C26H28N8O/c1-16(2)17-5-3-9-33(15-17)18-6-7-22(28-11-18)32-20-13-29-24(19-12-30-25(35)23(19)20)21-14-31-26-27-8-4-10-34(21)26/h4,6-8,10-11,13-14,16-17H,3,5,9,12,15H2,1-2H3,(H,28,32)(H,30,35)/t17-/m0/s1. The molecule has 0 saturated carbocycles. The van der Waals surface area contributed by atoms with Gasteiger partial charge in [0.2, 0.25) is 5.78 Å². The molecule has 2 aliphatic rings. The first kappa shape index (κ1) is 21.5. The summed E-state index contributed by atoms with van der Waals surface area (Å²) in [4.78, 5) is 33.2. The molecular weight excluding hydrogens is 440 g/mol. The van der Waals surface area contributed by atoms with Crippen LogP contribution in [0.25, 0.3) is 17.2 Å². The fourth-order valence-corrected chi connectivity index (χ4v) is 5.13. The zero-order valence-corrected chi connectivity index (χ0v) is 19.9. The highest BCUT2D eigenvalue weighted by atomic mass is 16.1. The number of nitrogens with one attached hydrogen (secondary N) is 2. The number of rotatable bonds is 5. The lowest BCUT2D eigenvalue weighted by molar-refractivity contribution is 0.0966. The maximum Gasteiger partial charge on any atom is 0.254 e. The van der Waals surface area contributed by atoms with Crippen LogP contribution < -0.4 is 15.5 Å². The number of carbonyl (C=O) groups excluding carboxylic acids is 1. The van der Waals surface area contributed by atoms with Crippen molar-refractivity contribution in [2.45, 2.75) is 33.2 Å². The fourth-order valence-electron chi connectivity index (χ4n) is 5.13. The molecule has 2 aliphatic heterocycles. The largest absolute Gasteiger partial charge is 0.370 e. The van der Waals surface area contributed by atoms with Gasteiger partial charge in [-0.1, -0.05) is 13.8 Å². The maximum absolute atomic E-state index is 12.8. The number of anilines is 3. The van der Waals surface area contributed by atoms with Crippen molar-refractivity contribution in [1.29, 1.82) is 0 Å². The number of piperidine rings is 1. The van der Waals surface area contributed by atoms with E-state index >= 15 is 0 Å². The highest BCUT2D eigenvalue weighted by Gasteiger charge is 2.28. The van der Waals surface area contributed by atoms with Gasteiger partial charge in [0.1, 0.15) is 5.82 Å². The summed E-state index contributed by atoms with van der Waals surface area (Å²) in [6.45, 7) is 7.16. The van der Waals surface area contributed by atoms with Crippen molar-refractivity contribution in [3.05, 3.63) is 60.3 Å². The van der Waals surface area contributed by atoms with Gasteiger partial charge in [0, 0.05) is 37.6 Å². The summed E-state index contributed by atoms with van der Waals surface area (Å²) in [5, 5.41) is 6.25. The minimum Gasteiger partial charge on any atom is -0.370 e. The van der Waals surface area contributed by atoms with Crippen LogP contribution in [-0.2, 0) is 6.54 Å². The van der Waals surface area contributed by atoms with E-state index in [4.69, 9.17) is 4.98 Å². The van der Waals surface area contributed by atoms with Gasteiger partial charge in [-0.05, 0) is 42.9 Å². The number of imidazole rings is 1. The zero-order chi connectivity index (χ0) is 23.9. The molecular formula is C26H28N8O. The normalized spacial score (nSPS) is 17.6. The Morgan fingerprint density at radius 2 is 2.03 bits per heavy atom. The summed E-state index contributed by atoms with van der Waals surface area (Å²) in [5.41, 5.74) is 4.74. The van der Waals surface area contributed by atoms with Crippen molar-refractivity contribution < 1.29 is 4.79 Å². The fraction of sp³-hybridized carbons (Fsp3) is 0.346. The molecule has 9 heteroatoms. The van der Waals surface area contributed by atoms with E-state index in [9.17, 15) is 4.79 Å². The van der Waals surface area contributed by atoms with Crippen LogP contribution in [0.1, 0.15) is 42.6 Å². The van der Waals surface area contributed by atoms with Crippen LogP contribution in [0.5, 0.6) is 0 Å². The van der Waals surface area contributed by atoms with Crippen LogP contribution in [0.15, 0.2) is 49.2 Å². The van der Waals surface area contributed by atoms with Crippen LogP contribution in [0.2, 0.25) is 0 Å². The first-order valence-electron chi connectivity index (χ1n) is 12.1. The van der Waals surface area contributed by atoms with Crippen molar-refractivity contribution in [3.8, 4) is 11.4 Å². The molecule has 0 bridgehead atoms. The van der Waals surface area contributed by atoms with E-state index in [0.29, 0.717) is 35.3 Å². The molecule has 4 aromatic rings. The van der Waals surface area contributed by atoms with Gasteiger partial charge in [0.05, 0.1) is 46.9 Å². The Balaban J connectivity index is 1.28. The number of nitrogens with zero attached hydrogens (tertiary/aromatic N) is 6. The van der Waals surface area contributed by atoms with Gasteiger partial charge in [-0.25, -0.2) is 15.0 Å². The second-order valence-electron chi connectivity index (χ2n) is 9.61. The molecule has 2 N–H and O–H groups in total. The predicted molar refractivity (Wildman–Crippen MR) is 135 cm³/mol. The number of carbonyl (C=O) groups is 1. The number of pyridine rings is 2. The van der Waals surface area contributed by atoms with Crippen LogP contribution >= 0.6 is 0 Å². The van der Waals surface area contributed by atoms with E-state index < -0.39 is 0 Å². The minimum absolute atomic E-state index is 0.122. The van der Waals surface area contributed by atoms with Crippen LogP contribution in [0.3, 0.4) is 0 Å². The number of amides is 1. The lowest BCUT2D eigenvalue weighted by Gasteiger charge is -2.36. The summed E-state index contributed by atoms with van der Waals surface area (Å²) in [6.07, 6.45) is 11.5. The van der Waals surface area contributed by atoms with Gasteiger partial charge in [-0.15, -0.1) is 0 Å². The van der Waals surface area contributed by atoms with Gasteiger partial charge in [0.15, 0.2) is 0 Å². The van der Waals surface area contributed by atoms with Gasteiger partial charge in [0.25, 0.3) is 5.91 Å². The smallest absolute Gasteiger partial charge is 0.254 e. The van der Waals surface area contributed by atoms with E-state index in [1.807, 2.05) is 28.9 Å². The maximum atomic E-state index is 12.8. The van der Waals surface area contributed by atoms with E-state index in [1.54, 1.807) is 18.6 Å². The lowest BCUT2D eigenvalue weighted by atomic mass is 9.88. The molecule has 35 heavy (non-hydrogen) atoms. The summed E-state index contributed by atoms with van der Waals surface area (Å²) in [5.74, 6) is 2.56. The third-order valence-electron chi connectivity index (χ3n) is 7.14. The van der Waals surface area contributed by atoms with Crippen molar-refractivity contribution in [2.24, 2.45) is 11.8 Å². The molecule has 0 spiro atoms. The average molecular weight is 469 g/mol. The van der Waals surface area contributed by atoms with Crippen LogP contribution in [-0.4, -0.2) is 43.3 Å². The summed E-state index contributed by atoms with van der Waals surface area (Å²) in [7, 11) is 0. The topological polar surface area (TPSA) is 100 Å². The Hall–Kier alpha value is -4.01. The van der Waals surface area contributed by atoms with E-state index in [-0.39, 0.29) is 5.91 Å². The van der Waals surface area contributed by atoms with Crippen molar-refractivity contribution >= 4 is 28.9 Å². The highest BCUT2D eigenvalue weighted by Crippen LogP contribution is 2.34. The molecule has 4 aromatic heterocycles. The number of hydrogen-bond donors (Lipinski definition) is 2. The van der Waals surface area contributed by atoms with E-state index in [2.05, 4.69) is 50.4 Å². The van der Waals surface area contributed by atoms with Gasteiger partial charge in [-0.2, -0.15) is 0 Å². The van der Waals surface area contributed by atoms with Crippen molar-refractivity contribution in [3.63, 3.8) is 0 Å². The number of hydrogen-bond acceptors (Lipinski definition) is 7. The van der Waals surface area contributed by atoms with Crippen LogP contribution in [0.4, 0.5) is 17.2 Å². The molecule has 9 nitrogen and oxygen atoms in total. The highest BCUT2D eigenvalue weighted by molar-refractivity contribution is 6.05. The third-order valence-corrected chi connectivity index (χ3v) is 7.14. The first-order chi connectivity index (χ1) is 17.1. The summed E-state index contributed by atoms with van der Waals surface area (Å²) < 4.78 is 1.88. The lowest BCUT2D eigenvalue weighted by Crippen LogP contribution is -2.37. The van der Waals surface area contributed by atoms with Crippen molar-refractivity contribution in [2.75, 3.05) is 23.3 Å². The molecule has 6 heterocycles. The molecule has 0 radical (unpaired) electrons. The van der Waals surface area contributed by atoms with Crippen LogP contribution in [0, 0.1) is 11.8 Å². The van der Waals surface area contributed by atoms with Gasteiger partial charge < -0.3 is 15.5 Å². The first-order valence-corrected chi connectivity index (χ1v) is 12.1. The molecule has 1 saturated heterocycles. The molecule has 0 aliphatic carbocycles. The zero-order valence-electron chi connectivity index (χ0n) is 19.9. The Morgan fingerprint density at radius 1 is 1.11 bits per heavy atom. The summed E-state index contributed by atoms with van der Waals surface area (Å²) >= 11 is 0. The van der Waals surface area contributed by atoms with E-state index in [1.165, 1.54) is 12.8 Å². The molecule has 1 amide bonds. The third kappa shape index (κ3) is 3.86. The molecule has 6 rings (SSSR count). The second kappa shape index (κ2) is 8.65. The Bertz CT molecular complexity index is 1390. The number of fused-ring (bicyclic) bond motifs is 2. The molecule has 0 aromatic carbocycles. The molecule has 0 unspecified atom stereocenters. The second-order valence-corrected chi connectivity index (χ2v) is 9.61. The number of aromatic nitrogens is 5. The summed E-state index contributed by atoms with van der Waals surface area (Å²) in [6, 6.07) is 5.92. The Morgan fingerprint density at radius 3 is 2.86 bits per heavy atom. The Labute approximate surface area is 203 Å². The van der Waals surface area contributed by atoms with Crippen molar-refractivity contribution in [1.82, 2.24) is 29.7 Å². The minimum atomic E-state index is -0.122.